The number of nitrogens with one attached hydrogen (secondary N) is 2. The largest absolute Gasteiger partial charge is 0.449 e. The summed E-state index contributed by atoms with van der Waals surface area (Å²) in [4.78, 5) is 65.3. The van der Waals surface area contributed by atoms with Crippen molar-refractivity contribution < 1.29 is 28.7 Å². The molecule has 206 valence electrons. The predicted molar refractivity (Wildman–Crippen MR) is 139 cm³/mol. The first kappa shape index (κ1) is 27.6. The fourth-order valence-electron chi connectivity index (χ4n) is 5.46. The van der Waals surface area contributed by atoms with Crippen LogP contribution in [0.5, 0.6) is 0 Å². The van der Waals surface area contributed by atoms with E-state index in [4.69, 9.17) is 10.5 Å². The van der Waals surface area contributed by atoms with E-state index >= 15 is 0 Å². The van der Waals surface area contributed by atoms with Crippen LogP contribution in [0.25, 0.3) is 0 Å². The highest BCUT2D eigenvalue weighted by Gasteiger charge is 2.43. The highest BCUT2D eigenvalue weighted by Crippen LogP contribution is 2.34. The Labute approximate surface area is 223 Å². The number of alkyl carbamates (subject to hydrolysis) is 1. The molecule has 1 saturated carbocycles. The first-order chi connectivity index (χ1) is 18.1. The molecule has 1 aromatic carbocycles. The Morgan fingerprint density at radius 2 is 1.68 bits per heavy atom. The fraction of sp³-hybridized carbons (Fsp3) is 0.607. The summed E-state index contributed by atoms with van der Waals surface area (Å²) < 4.78 is 5.32. The van der Waals surface area contributed by atoms with Gasteiger partial charge in [0.15, 0.2) is 0 Å². The number of Topliss-reactive ketones (excluding diaryl/α,β-unsaturated/α-hetero) is 1. The second-order valence-electron chi connectivity index (χ2n) is 11.2. The number of carbonyl (C=O) groups is 5. The number of amides is 4. The zero-order valence-electron chi connectivity index (χ0n) is 22.1. The van der Waals surface area contributed by atoms with Crippen LogP contribution < -0.4 is 16.4 Å². The number of primary amides is 1. The average molecular weight is 527 g/mol. The molecule has 0 spiro atoms. The summed E-state index contributed by atoms with van der Waals surface area (Å²) in [6.45, 7) is 4.43. The summed E-state index contributed by atoms with van der Waals surface area (Å²) in [5, 5.41) is 5.49. The second-order valence-corrected chi connectivity index (χ2v) is 11.2. The lowest BCUT2D eigenvalue weighted by Crippen LogP contribution is -2.58. The number of nitrogens with zero attached hydrogens (tertiary/aromatic N) is 1. The summed E-state index contributed by atoms with van der Waals surface area (Å²) in [5.74, 6) is -2.50. The van der Waals surface area contributed by atoms with Crippen LogP contribution in [0.1, 0.15) is 57.1 Å². The van der Waals surface area contributed by atoms with Crippen LogP contribution in [0.3, 0.4) is 0 Å². The molecule has 2 fully saturated rings. The van der Waals surface area contributed by atoms with Crippen LogP contribution in [-0.4, -0.2) is 65.8 Å². The summed E-state index contributed by atoms with van der Waals surface area (Å²) in [6.07, 6.45) is 3.86. The minimum atomic E-state index is -1.08. The number of hydrogen-bond acceptors (Lipinski definition) is 6. The molecule has 0 aromatic heterocycles. The Kier molecular flexibility index (Phi) is 8.69. The third-order valence-electron chi connectivity index (χ3n) is 7.62. The quantitative estimate of drug-likeness (QED) is 0.372. The van der Waals surface area contributed by atoms with E-state index in [0.717, 1.165) is 24.0 Å². The Morgan fingerprint density at radius 1 is 1.03 bits per heavy atom. The number of nitrogens with two attached hydrogens (primary N) is 1. The Balaban J connectivity index is 1.49. The lowest BCUT2D eigenvalue weighted by atomic mass is 9.95. The van der Waals surface area contributed by atoms with Crippen molar-refractivity contribution in [3.05, 3.63) is 35.4 Å². The van der Waals surface area contributed by atoms with Crippen LogP contribution in [0.2, 0.25) is 0 Å². The number of rotatable bonds is 11. The van der Waals surface area contributed by atoms with Gasteiger partial charge in [-0.3, -0.25) is 19.2 Å². The number of ketones is 1. The summed E-state index contributed by atoms with van der Waals surface area (Å²) in [5.41, 5.74) is 7.49. The molecule has 2 aliphatic carbocycles. The van der Waals surface area contributed by atoms with E-state index in [1.54, 1.807) is 0 Å². The molecule has 3 aliphatic rings. The van der Waals surface area contributed by atoms with Crippen LogP contribution >= 0.6 is 0 Å². The van der Waals surface area contributed by atoms with Gasteiger partial charge in [0.05, 0.1) is 12.6 Å². The molecule has 0 radical (unpaired) electrons. The molecule has 1 heterocycles. The number of fused-ring (bicyclic) bond motifs is 1. The van der Waals surface area contributed by atoms with Crippen molar-refractivity contribution in [2.75, 3.05) is 13.2 Å². The van der Waals surface area contributed by atoms with Gasteiger partial charge in [-0.25, -0.2) is 4.79 Å². The van der Waals surface area contributed by atoms with Crippen molar-refractivity contribution >= 4 is 29.6 Å². The minimum Gasteiger partial charge on any atom is -0.449 e. The van der Waals surface area contributed by atoms with Gasteiger partial charge in [0.2, 0.25) is 17.6 Å². The third kappa shape index (κ3) is 6.71. The maximum Gasteiger partial charge on any atom is 0.407 e. The smallest absolute Gasteiger partial charge is 0.407 e. The van der Waals surface area contributed by atoms with Crippen LogP contribution in [0.15, 0.2) is 24.3 Å². The topological polar surface area (TPSA) is 148 Å². The van der Waals surface area contributed by atoms with Gasteiger partial charge in [0, 0.05) is 6.54 Å². The molecule has 1 aromatic rings. The van der Waals surface area contributed by atoms with Gasteiger partial charge in [-0.05, 0) is 61.0 Å². The molecular formula is C28H38N4O6. The lowest BCUT2D eigenvalue weighted by molar-refractivity contribution is -0.142. The number of ether oxygens (including phenoxy) is 1. The Morgan fingerprint density at radius 3 is 2.26 bits per heavy atom. The fourth-order valence-corrected chi connectivity index (χ4v) is 5.46. The monoisotopic (exact) mass is 526 g/mol. The summed E-state index contributed by atoms with van der Waals surface area (Å²) in [7, 11) is 0. The number of likely N-dealkylation sites (tertiary alicyclic amines) is 1. The first-order valence-electron chi connectivity index (χ1n) is 13.6. The first-order valence-corrected chi connectivity index (χ1v) is 13.6. The van der Waals surface area contributed by atoms with Crippen molar-refractivity contribution in [2.24, 2.45) is 23.5 Å². The van der Waals surface area contributed by atoms with Gasteiger partial charge >= 0.3 is 6.09 Å². The maximum absolute atomic E-state index is 13.9. The minimum absolute atomic E-state index is 0.143. The maximum atomic E-state index is 13.9. The zero-order chi connectivity index (χ0) is 27.4. The molecule has 38 heavy (non-hydrogen) atoms. The van der Waals surface area contributed by atoms with E-state index in [2.05, 4.69) is 10.6 Å². The van der Waals surface area contributed by atoms with Crippen LogP contribution in [-0.2, 0) is 36.8 Å². The van der Waals surface area contributed by atoms with Crippen LogP contribution in [0, 0.1) is 17.8 Å². The number of carbonyl (C=O) groups excluding carboxylic acids is 5. The molecule has 4 N–H and O–H groups in total. The Hall–Kier alpha value is -3.43. The van der Waals surface area contributed by atoms with E-state index in [1.165, 1.54) is 4.90 Å². The molecule has 1 saturated heterocycles. The van der Waals surface area contributed by atoms with Gasteiger partial charge in [-0.1, -0.05) is 51.0 Å². The van der Waals surface area contributed by atoms with Gasteiger partial charge in [0.1, 0.15) is 12.1 Å². The predicted octanol–water partition coefficient (Wildman–Crippen LogP) is 1.48. The second kappa shape index (κ2) is 12.0. The van der Waals surface area contributed by atoms with Gasteiger partial charge < -0.3 is 26.0 Å². The van der Waals surface area contributed by atoms with E-state index in [1.807, 2.05) is 38.1 Å². The van der Waals surface area contributed by atoms with E-state index in [9.17, 15) is 24.0 Å². The molecule has 3 atom stereocenters. The summed E-state index contributed by atoms with van der Waals surface area (Å²) in [6, 6.07) is 5.29. The molecule has 10 heteroatoms. The standard InChI is InChI=1S/C28H38N4O6/c1-16(2)15-38-28(37)31-23(20-13-18-6-3-4-7-19(18)14-20)27(36)32-11-5-8-22(32)26(35)30-21(12-17-9-10-17)24(33)25(29)34/h3-4,6-7,16-17,20-23H,5,8-15H2,1-2H3,(H2,29,34)(H,30,35)(H,31,37)/t21?,22-,23?/m0/s1. The molecular weight excluding hydrogens is 488 g/mol. The van der Waals surface area contributed by atoms with Crippen molar-refractivity contribution in [1.29, 1.82) is 0 Å². The van der Waals surface area contributed by atoms with E-state index in [-0.39, 0.29) is 30.3 Å². The third-order valence-corrected chi connectivity index (χ3v) is 7.62. The van der Waals surface area contributed by atoms with E-state index in [0.29, 0.717) is 38.6 Å². The average Bonchev–Trinajstić information content (AvgIpc) is 3.38. The van der Waals surface area contributed by atoms with Gasteiger partial charge in [-0.15, -0.1) is 0 Å². The molecule has 1 aliphatic heterocycles. The normalized spacial score (nSPS) is 20.5. The van der Waals surface area contributed by atoms with Gasteiger partial charge in [-0.2, -0.15) is 0 Å². The van der Waals surface area contributed by atoms with Crippen molar-refractivity contribution in [3.63, 3.8) is 0 Å². The highest BCUT2D eigenvalue weighted by molar-refractivity contribution is 6.37. The molecule has 4 amide bonds. The van der Waals surface area contributed by atoms with E-state index < -0.39 is 41.8 Å². The van der Waals surface area contributed by atoms with Crippen molar-refractivity contribution in [3.8, 4) is 0 Å². The highest BCUT2D eigenvalue weighted by atomic mass is 16.5. The molecule has 4 rings (SSSR count). The number of benzene rings is 1. The van der Waals surface area contributed by atoms with Gasteiger partial charge in [0.25, 0.3) is 5.91 Å². The lowest BCUT2D eigenvalue weighted by Gasteiger charge is -2.32. The zero-order valence-corrected chi connectivity index (χ0v) is 22.1. The Bertz CT molecular complexity index is 1060. The van der Waals surface area contributed by atoms with Crippen molar-refractivity contribution in [2.45, 2.75) is 76.9 Å². The van der Waals surface area contributed by atoms with Crippen LogP contribution in [0.4, 0.5) is 4.79 Å². The SMILES string of the molecule is CC(C)COC(=O)NC(C(=O)N1CCC[C@H]1C(=O)NC(CC1CC1)C(=O)C(N)=O)C1Cc2ccccc2C1. The summed E-state index contributed by atoms with van der Waals surface area (Å²) >= 11 is 0. The molecule has 0 bridgehead atoms. The number of hydrogen-bond donors (Lipinski definition) is 3. The molecule has 10 nitrogen and oxygen atoms in total. The van der Waals surface area contributed by atoms with Crippen molar-refractivity contribution in [1.82, 2.24) is 15.5 Å². The molecule has 2 unspecified atom stereocenters.